The number of anilines is 2. The normalized spacial score (nSPS) is 16.3. The Morgan fingerprint density at radius 1 is 1.21 bits per heavy atom. The number of nitrogen functional groups attached to an aromatic ring is 1. The second kappa shape index (κ2) is 10.5. The molecule has 12 nitrogen and oxygen atoms in total. The minimum atomic E-state index is -0.811. The molecule has 39 heavy (non-hydrogen) atoms. The largest absolute Gasteiger partial charge is 0.453 e. The van der Waals surface area contributed by atoms with Crippen LogP contribution in [0.15, 0.2) is 12.4 Å². The quantitative estimate of drug-likeness (QED) is 0.478. The summed E-state index contributed by atoms with van der Waals surface area (Å²) in [5, 5.41) is 7.73. The number of nitrogens with one attached hydrogen (secondary N) is 1. The summed E-state index contributed by atoms with van der Waals surface area (Å²) in [7, 11) is 4.24. The van der Waals surface area contributed by atoms with Crippen LogP contribution in [0.25, 0.3) is 22.3 Å². The van der Waals surface area contributed by atoms with Gasteiger partial charge in [0.05, 0.1) is 17.5 Å². The Morgan fingerprint density at radius 2 is 1.92 bits per heavy atom. The van der Waals surface area contributed by atoms with E-state index in [0.29, 0.717) is 34.9 Å². The number of halogens is 1. The second-order valence-electron chi connectivity index (χ2n) is 11.0. The standard InChI is InChI=1S/C26H35FN8O4/c1-26(2,3)39-25(36)31-20-17(27)12-16(21-22(20)38-14-37-21)19-18-23(28)29-13-30-24(18)35(32-19)11-10-34-8-6-15(7-9-34)33(4)5/h12-13,15H,6-11,14H2,1-5H3,(H,31,36)(H2,28,29,30). The summed E-state index contributed by atoms with van der Waals surface area (Å²) in [4.78, 5) is 25.6. The number of hydrogen-bond acceptors (Lipinski definition) is 10. The van der Waals surface area contributed by atoms with Crippen molar-refractivity contribution in [2.75, 3.05) is 51.6 Å². The molecule has 2 aliphatic rings. The number of hydrogen-bond donors (Lipinski definition) is 2. The Kier molecular flexibility index (Phi) is 7.21. The molecular weight excluding hydrogens is 507 g/mol. The third-order valence-corrected chi connectivity index (χ3v) is 6.95. The number of amides is 1. The van der Waals surface area contributed by atoms with Crippen molar-refractivity contribution in [1.82, 2.24) is 29.5 Å². The van der Waals surface area contributed by atoms with Gasteiger partial charge in [-0.05, 0) is 66.9 Å². The number of likely N-dealkylation sites (tertiary alicyclic amines) is 1. The summed E-state index contributed by atoms with van der Waals surface area (Å²) in [6.07, 6.45) is 2.80. The number of nitrogens with zero attached hydrogens (tertiary/aromatic N) is 6. The van der Waals surface area contributed by atoms with Gasteiger partial charge in [-0.3, -0.25) is 5.32 Å². The molecule has 13 heteroatoms. The van der Waals surface area contributed by atoms with Crippen molar-refractivity contribution < 1.29 is 23.4 Å². The summed E-state index contributed by atoms with van der Waals surface area (Å²) in [6, 6.07) is 1.84. The Morgan fingerprint density at radius 3 is 2.62 bits per heavy atom. The molecule has 3 N–H and O–H groups in total. The summed E-state index contributed by atoms with van der Waals surface area (Å²) >= 11 is 0. The van der Waals surface area contributed by atoms with E-state index in [1.165, 1.54) is 12.4 Å². The van der Waals surface area contributed by atoms with Crippen LogP contribution in [0.2, 0.25) is 0 Å². The average Bonchev–Trinajstić information content (AvgIpc) is 3.50. The molecule has 5 rings (SSSR count). The van der Waals surface area contributed by atoms with Gasteiger partial charge in [-0.2, -0.15) is 5.10 Å². The smallest absolute Gasteiger partial charge is 0.412 e. The number of carbonyl (C=O) groups excluding carboxylic acids is 1. The van der Waals surface area contributed by atoms with Gasteiger partial charge in [0.25, 0.3) is 0 Å². The first-order valence-electron chi connectivity index (χ1n) is 13.0. The molecule has 1 aromatic carbocycles. The molecule has 0 aliphatic carbocycles. The molecule has 0 atom stereocenters. The van der Waals surface area contributed by atoms with Crippen LogP contribution < -0.4 is 20.5 Å². The number of rotatable bonds is 6. The predicted octanol–water partition coefficient (Wildman–Crippen LogP) is 3.32. The van der Waals surface area contributed by atoms with Crippen LogP contribution in [0, 0.1) is 5.82 Å². The number of aromatic nitrogens is 4. The van der Waals surface area contributed by atoms with Gasteiger partial charge in [0.1, 0.15) is 29.1 Å². The van der Waals surface area contributed by atoms with Crippen molar-refractivity contribution >= 4 is 28.6 Å². The highest BCUT2D eigenvalue weighted by atomic mass is 19.1. The maximum Gasteiger partial charge on any atom is 0.412 e. The van der Waals surface area contributed by atoms with Crippen molar-refractivity contribution in [3.63, 3.8) is 0 Å². The van der Waals surface area contributed by atoms with Gasteiger partial charge in [0, 0.05) is 12.6 Å². The molecule has 0 radical (unpaired) electrons. The van der Waals surface area contributed by atoms with Crippen LogP contribution in [0.4, 0.5) is 20.7 Å². The molecular formula is C26H35FN8O4. The van der Waals surface area contributed by atoms with Crippen LogP contribution in [0.3, 0.4) is 0 Å². The number of fused-ring (bicyclic) bond motifs is 2. The number of ether oxygens (including phenoxy) is 3. The lowest BCUT2D eigenvalue weighted by atomic mass is 10.0. The van der Waals surface area contributed by atoms with Gasteiger partial charge in [0.15, 0.2) is 23.0 Å². The first-order chi connectivity index (χ1) is 18.5. The zero-order chi connectivity index (χ0) is 27.9. The van der Waals surface area contributed by atoms with Gasteiger partial charge < -0.3 is 29.7 Å². The van der Waals surface area contributed by atoms with E-state index in [-0.39, 0.29) is 29.8 Å². The van der Waals surface area contributed by atoms with Crippen LogP contribution in [-0.2, 0) is 11.3 Å². The monoisotopic (exact) mass is 542 g/mol. The maximum atomic E-state index is 15.5. The highest BCUT2D eigenvalue weighted by Crippen LogP contribution is 2.49. The summed E-state index contributed by atoms with van der Waals surface area (Å²) in [5.74, 6) is -0.222. The zero-order valence-corrected chi connectivity index (χ0v) is 23.0. The summed E-state index contributed by atoms with van der Waals surface area (Å²) in [6.45, 7) is 8.36. The van der Waals surface area contributed by atoms with E-state index in [0.717, 1.165) is 32.5 Å². The van der Waals surface area contributed by atoms with Crippen molar-refractivity contribution in [2.24, 2.45) is 0 Å². The van der Waals surface area contributed by atoms with Crippen LogP contribution in [0.1, 0.15) is 33.6 Å². The molecule has 2 aromatic heterocycles. The fourth-order valence-electron chi connectivity index (χ4n) is 5.01. The molecule has 0 spiro atoms. The highest BCUT2D eigenvalue weighted by molar-refractivity contribution is 6.01. The zero-order valence-electron chi connectivity index (χ0n) is 23.0. The van der Waals surface area contributed by atoms with Crippen molar-refractivity contribution in [3.05, 3.63) is 18.2 Å². The van der Waals surface area contributed by atoms with Crippen molar-refractivity contribution in [2.45, 2.75) is 51.8 Å². The van der Waals surface area contributed by atoms with Crippen molar-refractivity contribution in [1.29, 1.82) is 0 Å². The second-order valence-corrected chi connectivity index (χ2v) is 11.0. The first kappa shape index (κ1) is 26.9. The maximum absolute atomic E-state index is 15.5. The highest BCUT2D eigenvalue weighted by Gasteiger charge is 2.31. The Hall–Kier alpha value is -3.71. The van der Waals surface area contributed by atoms with E-state index in [1.54, 1.807) is 25.5 Å². The Balaban J connectivity index is 1.46. The lowest BCUT2D eigenvalue weighted by Crippen LogP contribution is -2.42. The predicted molar refractivity (Wildman–Crippen MR) is 144 cm³/mol. The fraction of sp³-hybridized carbons (Fsp3) is 0.538. The third kappa shape index (κ3) is 5.55. The minimum Gasteiger partial charge on any atom is -0.453 e. The van der Waals surface area contributed by atoms with Crippen LogP contribution in [-0.4, -0.2) is 87.8 Å². The molecule has 210 valence electrons. The van der Waals surface area contributed by atoms with Crippen molar-refractivity contribution in [3.8, 4) is 22.8 Å². The van der Waals surface area contributed by atoms with E-state index < -0.39 is 17.5 Å². The third-order valence-electron chi connectivity index (χ3n) is 6.95. The summed E-state index contributed by atoms with van der Waals surface area (Å²) < 4.78 is 33.8. The molecule has 1 fully saturated rings. The van der Waals surface area contributed by atoms with Crippen LogP contribution in [0.5, 0.6) is 11.5 Å². The topological polar surface area (TPSA) is 133 Å². The molecule has 0 saturated carbocycles. The van der Waals surface area contributed by atoms with Gasteiger partial charge in [-0.15, -0.1) is 0 Å². The minimum absolute atomic E-state index is 0.0535. The van der Waals surface area contributed by atoms with E-state index in [9.17, 15) is 4.79 Å². The molecule has 3 aromatic rings. The number of nitrogens with two attached hydrogens (primary N) is 1. The molecule has 1 saturated heterocycles. The van der Waals surface area contributed by atoms with E-state index in [4.69, 9.17) is 25.0 Å². The van der Waals surface area contributed by atoms with E-state index >= 15 is 4.39 Å². The summed E-state index contributed by atoms with van der Waals surface area (Å²) in [5.41, 5.74) is 6.59. The van der Waals surface area contributed by atoms with Gasteiger partial charge in [-0.1, -0.05) is 0 Å². The van der Waals surface area contributed by atoms with Gasteiger partial charge >= 0.3 is 6.09 Å². The number of piperidine rings is 1. The lowest BCUT2D eigenvalue weighted by Gasteiger charge is -2.35. The van der Waals surface area contributed by atoms with Gasteiger partial charge in [-0.25, -0.2) is 23.8 Å². The first-order valence-corrected chi connectivity index (χ1v) is 13.0. The number of carbonyl (C=O) groups is 1. The van der Waals surface area contributed by atoms with E-state index in [2.05, 4.69) is 39.2 Å². The Labute approximate surface area is 226 Å². The average molecular weight is 543 g/mol. The van der Waals surface area contributed by atoms with Gasteiger partial charge in [0.2, 0.25) is 6.79 Å². The molecule has 1 amide bonds. The Bertz CT molecular complexity index is 1380. The molecule has 2 aliphatic heterocycles. The fourth-order valence-corrected chi connectivity index (χ4v) is 5.01. The lowest BCUT2D eigenvalue weighted by molar-refractivity contribution is 0.0634. The number of benzene rings is 1. The molecule has 0 unspecified atom stereocenters. The molecule has 0 bridgehead atoms. The van der Waals surface area contributed by atoms with Crippen LogP contribution >= 0.6 is 0 Å². The molecule has 4 heterocycles. The SMILES string of the molecule is CN(C)C1CCN(CCn2nc(-c3cc(F)c(NC(=O)OC(C)(C)C)c4c3OCO4)c3c(N)ncnc32)CC1. The van der Waals surface area contributed by atoms with E-state index in [1.807, 2.05) is 0 Å².